The van der Waals surface area contributed by atoms with Gasteiger partial charge in [0, 0.05) is 5.39 Å². The summed E-state index contributed by atoms with van der Waals surface area (Å²) >= 11 is 0. The highest BCUT2D eigenvalue weighted by Crippen LogP contribution is 2.19. The molecule has 3 aromatic rings. The molecule has 0 bridgehead atoms. The van der Waals surface area contributed by atoms with Crippen LogP contribution in [0.3, 0.4) is 0 Å². The van der Waals surface area contributed by atoms with Crippen LogP contribution in [0.25, 0.3) is 10.9 Å². The molecule has 0 aliphatic heterocycles. The summed E-state index contributed by atoms with van der Waals surface area (Å²) in [5, 5.41) is 10.3. The van der Waals surface area contributed by atoms with Gasteiger partial charge in [-0.05, 0) is 24.3 Å². The number of aromatic amines is 1. The molecule has 0 atom stereocenters. The van der Waals surface area contributed by atoms with E-state index >= 15 is 0 Å². The number of rotatable bonds is 4. The first-order valence-corrected chi connectivity index (χ1v) is 6.34. The number of nitrogens with one attached hydrogen (secondary N) is 2. The van der Waals surface area contributed by atoms with Gasteiger partial charge in [-0.25, -0.2) is 4.39 Å². The van der Waals surface area contributed by atoms with Gasteiger partial charge in [0.15, 0.2) is 24.0 Å². The van der Waals surface area contributed by atoms with Gasteiger partial charge in [0.1, 0.15) is 0 Å². The molecule has 1 amide bonds. The van der Waals surface area contributed by atoms with Crippen LogP contribution in [0.1, 0.15) is 0 Å². The van der Waals surface area contributed by atoms with Gasteiger partial charge >= 0.3 is 0 Å². The number of aromatic nitrogens is 2. The van der Waals surface area contributed by atoms with Crippen molar-refractivity contribution >= 4 is 22.6 Å². The fourth-order valence-corrected chi connectivity index (χ4v) is 1.93. The van der Waals surface area contributed by atoms with Crippen molar-refractivity contribution in [2.75, 3.05) is 11.9 Å². The first kappa shape index (κ1) is 13.1. The fourth-order valence-electron chi connectivity index (χ4n) is 1.93. The molecule has 106 valence electrons. The van der Waals surface area contributed by atoms with Gasteiger partial charge in [-0.2, -0.15) is 5.10 Å². The number of carbonyl (C=O) groups is 1. The summed E-state index contributed by atoms with van der Waals surface area (Å²) in [6.45, 7) is -0.290. The number of hydrogen-bond donors (Lipinski definition) is 2. The van der Waals surface area contributed by atoms with Crippen molar-refractivity contribution in [2.24, 2.45) is 0 Å². The van der Waals surface area contributed by atoms with E-state index in [0.29, 0.717) is 5.82 Å². The van der Waals surface area contributed by atoms with Crippen molar-refractivity contribution in [3.63, 3.8) is 0 Å². The molecule has 5 nitrogen and oxygen atoms in total. The van der Waals surface area contributed by atoms with Crippen LogP contribution in [-0.4, -0.2) is 22.7 Å². The van der Waals surface area contributed by atoms with E-state index in [4.69, 9.17) is 4.74 Å². The predicted octanol–water partition coefficient (Wildman–Crippen LogP) is 2.72. The Hall–Kier alpha value is -2.89. The minimum absolute atomic E-state index is 0.0412. The van der Waals surface area contributed by atoms with Crippen molar-refractivity contribution in [1.82, 2.24) is 10.2 Å². The third-order valence-electron chi connectivity index (χ3n) is 2.92. The zero-order valence-corrected chi connectivity index (χ0v) is 11.0. The van der Waals surface area contributed by atoms with Gasteiger partial charge in [0.2, 0.25) is 0 Å². The molecule has 1 aromatic heterocycles. The predicted molar refractivity (Wildman–Crippen MR) is 76.6 cm³/mol. The zero-order valence-electron chi connectivity index (χ0n) is 11.0. The van der Waals surface area contributed by atoms with Gasteiger partial charge in [0.05, 0.1) is 5.52 Å². The molecule has 3 rings (SSSR count). The van der Waals surface area contributed by atoms with Crippen molar-refractivity contribution < 1.29 is 13.9 Å². The van der Waals surface area contributed by atoms with E-state index in [9.17, 15) is 9.18 Å². The second-order valence-electron chi connectivity index (χ2n) is 4.39. The second kappa shape index (κ2) is 5.62. The molecule has 2 aromatic carbocycles. The average molecular weight is 285 g/mol. The topological polar surface area (TPSA) is 67.0 Å². The van der Waals surface area contributed by atoms with E-state index in [1.54, 1.807) is 12.1 Å². The third kappa shape index (κ3) is 2.84. The molecule has 0 aliphatic rings. The highest BCUT2D eigenvalue weighted by Gasteiger charge is 2.10. The molecule has 2 N–H and O–H groups in total. The lowest BCUT2D eigenvalue weighted by molar-refractivity contribution is -0.118. The van der Waals surface area contributed by atoms with Gasteiger partial charge in [-0.1, -0.05) is 24.3 Å². The molecular formula is C15H12FN3O2. The lowest BCUT2D eigenvalue weighted by Gasteiger charge is -2.06. The third-order valence-corrected chi connectivity index (χ3v) is 2.92. The smallest absolute Gasteiger partial charge is 0.263 e. The summed E-state index contributed by atoms with van der Waals surface area (Å²) in [4.78, 5) is 11.8. The highest BCUT2D eigenvalue weighted by atomic mass is 19.1. The standard InChI is InChI=1S/C15H12FN3O2/c16-11-6-2-4-8-13(11)21-9-14(20)17-15-10-5-1-3-7-12(10)18-19-15/h1-8H,9H2,(H2,17,18,19,20). The lowest BCUT2D eigenvalue weighted by Crippen LogP contribution is -2.20. The van der Waals surface area contributed by atoms with E-state index < -0.39 is 11.7 Å². The Bertz CT molecular complexity index is 785. The Kier molecular flexibility index (Phi) is 3.51. The number of benzene rings is 2. The van der Waals surface area contributed by atoms with Gasteiger partial charge in [-0.15, -0.1) is 0 Å². The molecule has 21 heavy (non-hydrogen) atoms. The summed E-state index contributed by atoms with van der Waals surface area (Å²) in [5.41, 5.74) is 0.822. The molecule has 0 unspecified atom stereocenters. The van der Waals surface area contributed by atoms with Crippen LogP contribution in [0.2, 0.25) is 0 Å². The van der Waals surface area contributed by atoms with Crippen LogP contribution >= 0.6 is 0 Å². The number of ether oxygens (including phenoxy) is 1. The number of para-hydroxylation sites is 2. The van der Waals surface area contributed by atoms with Gasteiger partial charge < -0.3 is 10.1 Å². The van der Waals surface area contributed by atoms with E-state index in [1.165, 1.54) is 12.1 Å². The van der Waals surface area contributed by atoms with Crippen molar-refractivity contribution in [3.8, 4) is 5.75 Å². The Morgan fingerprint density at radius 2 is 1.95 bits per heavy atom. The molecule has 6 heteroatoms. The number of halogens is 1. The maximum absolute atomic E-state index is 13.4. The maximum Gasteiger partial charge on any atom is 0.263 e. The summed E-state index contributed by atoms with van der Waals surface area (Å²) in [7, 11) is 0. The van der Waals surface area contributed by atoms with Crippen molar-refractivity contribution in [3.05, 3.63) is 54.3 Å². The number of nitrogens with zero attached hydrogens (tertiary/aromatic N) is 1. The number of fused-ring (bicyclic) bond motifs is 1. The largest absolute Gasteiger partial charge is 0.481 e. The van der Waals surface area contributed by atoms with E-state index in [1.807, 2.05) is 24.3 Å². The molecule has 0 saturated heterocycles. The highest BCUT2D eigenvalue weighted by molar-refractivity contribution is 6.00. The van der Waals surface area contributed by atoms with Crippen molar-refractivity contribution in [2.45, 2.75) is 0 Å². The van der Waals surface area contributed by atoms with E-state index in [0.717, 1.165) is 10.9 Å². The van der Waals surface area contributed by atoms with Crippen LogP contribution in [0.5, 0.6) is 5.75 Å². The zero-order chi connectivity index (χ0) is 14.7. The van der Waals surface area contributed by atoms with Crippen molar-refractivity contribution in [1.29, 1.82) is 0 Å². The molecular weight excluding hydrogens is 273 g/mol. The SMILES string of the molecule is O=C(COc1ccccc1F)Nc1n[nH]c2ccccc12. The van der Waals surface area contributed by atoms with E-state index in [2.05, 4.69) is 15.5 Å². The van der Waals surface area contributed by atoms with Gasteiger partial charge in [-0.3, -0.25) is 9.89 Å². The molecule has 0 saturated carbocycles. The molecule has 0 radical (unpaired) electrons. The Morgan fingerprint density at radius 1 is 1.19 bits per heavy atom. The second-order valence-corrected chi connectivity index (χ2v) is 4.39. The summed E-state index contributed by atoms with van der Waals surface area (Å²) in [5.74, 6) is -0.446. The van der Waals surface area contributed by atoms with Crippen LogP contribution in [0.4, 0.5) is 10.2 Å². The minimum atomic E-state index is -0.504. The number of carbonyl (C=O) groups excluding carboxylic acids is 1. The minimum Gasteiger partial charge on any atom is -0.481 e. The summed E-state index contributed by atoms with van der Waals surface area (Å²) in [6.07, 6.45) is 0. The fraction of sp³-hybridized carbons (Fsp3) is 0.0667. The van der Waals surface area contributed by atoms with Crippen LogP contribution in [0, 0.1) is 5.82 Å². The van der Waals surface area contributed by atoms with Crippen LogP contribution in [0.15, 0.2) is 48.5 Å². The summed E-state index contributed by atoms with van der Waals surface area (Å²) in [6, 6.07) is 13.3. The number of H-pyrrole nitrogens is 1. The van der Waals surface area contributed by atoms with Crippen LogP contribution in [-0.2, 0) is 4.79 Å². The lowest BCUT2D eigenvalue weighted by atomic mass is 10.2. The average Bonchev–Trinajstić information content (AvgIpc) is 2.90. The molecule has 1 heterocycles. The molecule has 0 aliphatic carbocycles. The quantitative estimate of drug-likeness (QED) is 0.774. The van der Waals surface area contributed by atoms with Gasteiger partial charge in [0.25, 0.3) is 5.91 Å². The number of hydrogen-bond acceptors (Lipinski definition) is 3. The Morgan fingerprint density at radius 3 is 2.81 bits per heavy atom. The Labute approximate surface area is 119 Å². The number of amides is 1. The van der Waals surface area contributed by atoms with Crippen LogP contribution < -0.4 is 10.1 Å². The normalized spacial score (nSPS) is 10.5. The first-order chi connectivity index (χ1) is 10.2. The number of anilines is 1. The van der Waals surface area contributed by atoms with E-state index in [-0.39, 0.29) is 12.4 Å². The summed E-state index contributed by atoms with van der Waals surface area (Å²) < 4.78 is 18.5. The molecule has 0 fully saturated rings. The monoisotopic (exact) mass is 285 g/mol. The first-order valence-electron chi connectivity index (χ1n) is 6.34. The molecule has 0 spiro atoms. The maximum atomic E-state index is 13.4. The Balaban J connectivity index is 1.66.